The molecular formula is C12H9ClFN3O. The van der Waals surface area contributed by atoms with E-state index in [4.69, 9.17) is 11.6 Å². The van der Waals surface area contributed by atoms with Crippen molar-refractivity contribution in [1.29, 1.82) is 0 Å². The molecular weight excluding hydrogens is 257 g/mol. The molecule has 1 amide bonds. The Labute approximate surface area is 108 Å². The van der Waals surface area contributed by atoms with Crippen molar-refractivity contribution < 1.29 is 9.18 Å². The number of rotatable bonds is 3. The molecule has 1 N–H and O–H groups in total. The number of nitrogens with zero attached hydrogens (tertiary/aromatic N) is 2. The Morgan fingerprint density at radius 2 is 2.00 bits per heavy atom. The number of hydrogen-bond donors (Lipinski definition) is 1. The van der Waals surface area contributed by atoms with Crippen LogP contribution in [0.4, 0.5) is 10.2 Å². The van der Waals surface area contributed by atoms with Crippen LogP contribution in [-0.2, 0) is 11.2 Å². The molecule has 2 aromatic rings. The van der Waals surface area contributed by atoms with Crippen LogP contribution in [0.2, 0.25) is 5.28 Å². The van der Waals surface area contributed by atoms with Gasteiger partial charge in [0.05, 0.1) is 6.42 Å². The van der Waals surface area contributed by atoms with Gasteiger partial charge in [-0.05, 0) is 35.4 Å². The summed E-state index contributed by atoms with van der Waals surface area (Å²) in [4.78, 5) is 19.2. The summed E-state index contributed by atoms with van der Waals surface area (Å²) in [6.45, 7) is 0. The number of halogens is 2. The maximum atomic E-state index is 12.7. The molecule has 18 heavy (non-hydrogen) atoms. The van der Waals surface area contributed by atoms with Gasteiger partial charge in [-0.1, -0.05) is 12.1 Å². The number of carbonyl (C=O) groups excluding carboxylic acids is 1. The monoisotopic (exact) mass is 265 g/mol. The van der Waals surface area contributed by atoms with E-state index in [1.807, 2.05) is 0 Å². The Morgan fingerprint density at radius 3 is 2.67 bits per heavy atom. The maximum Gasteiger partial charge on any atom is 0.229 e. The highest BCUT2D eigenvalue weighted by Crippen LogP contribution is 2.08. The van der Waals surface area contributed by atoms with E-state index in [1.165, 1.54) is 24.4 Å². The second-order valence-corrected chi connectivity index (χ2v) is 3.90. The summed E-state index contributed by atoms with van der Waals surface area (Å²) in [6, 6.07) is 7.27. The Balaban J connectivity index is 1.98. The van der Waals surface area contributed by atoms with Crippen LogP contribution >= 0.6 is 11.6 Å². The third-order valence-electron chi connectivity index (χ3n) is 2.17. The van der Waals surface area contributed by atoms with E-state index in [-0.39, 0.29) is 23.4 Å². The minimum Gasteiger partial charge on any atom is -0.310 e. The van der Waals surface area contributed by atoms with Crippen LogP contribution in [0.15, 0.2) is 36.5 Å². The van der Waals surface area contributed by atoms with Crippen molar-refractivity contribution in [2.45, 2.75) is 6.42 Å². The van der Waals surface area contributed by atoms with Crippen LogP contribution in [0, 0.1) is 5.82 Å². The van der Waals surface area contributed by atoms with Crippen LogP contribution in [-0.4, -0.2) is 15.9 Å². The minimum atomic E-state index is -0.332. The van der Waals surface area contributed by atoms with Gasteiger partial charge in [0.25, 0.3) is 0 Å². The lowest BCUT2D eigenvalue weighted by Crippen LogP contribution is -2.15. The lowest BCUT2D eigenvalue weighted by atomic mass is 10.1. The largest absolute Gasteiger partial charge is 0.310 e. The van der Waals surface area contributed by atoms with E-state index in [9.17, 15) is 9.18 Å². The van der Waals surface area contributed by atoms with Crippen molar-refractivity contribution in [3.8, 4) is 0 Å². The highest BCUT2D eigenvalue weighted by atomic mass is 35.5. The van der Waals surface area contributed by atoms with Crippen molar-refractivity contribution in [1.82, 2.24) is 9.97 Å². The van der Waals surface area contributed by atoms with Gasteiger partial charge in [0.1, 0.15) is 11.6 Å². The minimum absolute atomic E-state index is 0.0644. The molecule has 0 radical (unpaired) electrons. The smallest absolute Gasteiger partial charge is 0.229 e. The van der Waals surface area contributed by atoms with Gasteiger partial charge >= 0.3 is 0 Å². The van der Waals surface area contributed by atoms with Crippen molar-refractivity contribution in [3.63, 3.8) is 0 Å². The highest BCUT2D eigenvalue weighted by molar-refractivity contribution is 6.28. The Morgan fingerprint density at radius 1 is 1.28 bits per heavy atom. The van der Waals surface area contributed by atoms with Gasteiger partial charge < -0.3 is 5.32 Å². The zero-order chi connectivity index (χ0) is 13.0. The van der Waals surface area contributed by atoms with E-state index in [2.05, 4.69) is 15.3 Å². The number of aromatic nitrogens is 2. The molecule has 4 nitrogen and oxygen atoms in total. The standard InChI is InChI=1S/C12H9ClFN3O/c13-12-15-6-5-10(17-12)16-11(18)7-8-1-3-9(14)4-2-8/h1-6H,7H2,(H,15,16,17,18). The molecule has 0 saturated heterocycles. The third kappa shape index (κ3) is 3.49. The molecule has 0 aliphatic heterocycles. The first-order valence-corrected chi connectivity index (χ1v) is 5.54. The average Bonchev–Trinajstić information content (AvgIpc) is 2.32. The maximum absolute atomic E-state index is 12.7. The van der Waals surface area contributed by atoms with Gasteiger partial charge in [-0.25, -0.2) is 14.4 Å². The summed E-state index contributed by atoms with van der Waals surface area (Å²) in [5.74, 6) is -0.250. The Hall–Kier alpha value is -2.01. The number of benzene rings is 1. The lowest BCUT2D eigenvalue weighted by molar-refractivity contribution is -0.115. The van der Waals surface area contributed by atoms with Crippen LogP contribution < -0.4 is 5.32 Å². The Kier molecular flexibility index (Phi) is 3.84. The molecule has 0 saturated carbocycles. The highest BCUT2D eigenvalue weighted by Gasteiger charge is 2.05. The van der Waals surface area contributed by atoms with E-state index in [0.29, 0.717) is 11.4 Å². The molecule has 0 aliphatic carbocycles. The molecule has 1 heterocycles. The summed E-state index contributed by atoms with van der Waals surface area (Å²) >= 11 is 5.59. The van der Waals surface area contributed by atoms with E-state index in [0.717, 1.165) is 0 Å². The van der Waals surface area contributed by atoms with Crippen LogP contribution in [0.5, 0.6) is 0 Å². The molecule has 0 bridgehead atoms. The first-order valence-electron chi connectivity index (χ1n) is 5.16. The molecule has 1 aromatic heterocycles. The van der Waals surface area contributed by atoms with Gasteiger partial charge in [-0.2, -0.15) is 0 Å². The van der Waals surface area contributed by atoms with Crippen molar-refractivity contribution in [2.24, 2.45) is 0 Å². The fourth-order valence-corrected chi connectivity index (χ4v) is 1.53. The van der Waals surface area contributed by atoms with Gasteiger partial charge in [-0.3, -0.25) is 4.79 Å². The second kappa shape index (κ2) is 5.55. The summed E-state index contributed by atoms with van der Waals surface area (Å²) in [6.07, 6.45) is 1.59. The van der Waals surface area contributed by atoms with Crippen molar-refractivity contribution >= 4 is 23.3 Å². The molecule has 0 unspecified atom stereocenters. The first kappa shape index (κ1) is 12.4. The molecule has 6 heteroatoms. The van der Waals surface area contributed by atoms with Crippen LogP contribution in [0.3, 0.4) is 0 Å². The molecule has 92 valence electrons. The van der Waals surface area contributed by atoms with Crippen molar-refractivity contribution in [2.75, 3.05) is 5.32 Å². The zero-order valence-corrected chi connectivity index (χ0v) is 9.99. The number of carbonyl (C=O) groups is 1. The topological polar surface area (TPSA) is 54.9 Å². The number of amides is 1. The molecule has 1 aromatic carbocycles. The summed E-state index contributed by atoms with van der Waals surface area (Å²) < 4.78 is 12.7. The SMILES string of the molecule is O=C(Cc1ccc(F)cc1)Nc1ccnc(Cl)n1. The predicted molar refractivity (Wildman–Crippen MR) is 65.8 cm³/mol. The summed E-state index contributed by atoms with van der Waals surface area (Å²) in [5, 5.41) is 2.64. The van der Waals surface area contributed by atoms with E-state index < -0.39 is 0 Å². The molecule has 2 rings (SSSR count). The quantitative estimate of drug-likeness (QED) is 0.868. The Bertz CT molecular complexity index is 560. The number of nitrogens with one attached hydrogen (secondary N) is 1. The van der Waals surface area contributed by atoms with E-state index >= 15 is 0 Å². The van der Waals surface area contributed by atoms with Gasteiger partial charge in [0.15, 0.2) is 0 Å². The number of anilines is 1. The zero-order valence-electron chi connectivity index (χ0n) is 9.23. The first-order chi connectivity index (χ1) is 8.63. The third-order valence-corrected chi connectivity index (χ3v) is 2.35. The fourth-order valence-electron chi connectivity index (χ4n) is 1.38. The average molecular weight is 266 g/mol. The van der Waals surface area contributed by atoms with Gasteiger partial charge in [-0.15, -0.1) is 0 Å². The molecule has 0 fully saturated rings. The second-order valence-electron chi connectivity index (χ2n) is 3.56. The predicted octanol–water partition coefficient (Wildman–Crippen LogP) is 2.45. The number of hydrogen-bond acceptors (Lipinski definition) is 3. The normalized spacial score (nSPS) is 10.1. The van der Waals surface area contributed by atoms with E-state index in [1.54, 1.807) is 12.1 Å². The van der Waals surface area contributed by atoms with Gasteiger partial charge in [0.2, 0.25) is 11.2 Å². The molecule has 0 atom stereocenters. The fraction of sp³-hybridized carbons (Fsp3) is 0.0833. The molecule has 0 aliphatic rings. The van der Waals surface area contributed by atoms with Crippen LogP contribution in [0.1, 0.15) is 5.56 Å². The van der Waals surface area contributed by atoms with Crippen molar-refractivity contribution in [3.05, 3.63) is 53.2 Å². The van der Waals surface area contributed by atoms with Crippen LogP contribution in [0.25, 0.3) is 0 Å². The lowest BCUT2D eigenvalue weighted by Gasteiger charge is -2.04. The molecule has 0 spiro atoms. The van der Waals surface area contributed by atoms with Gasteiger partial charge in [0, 0.05) is 6.20 Å². The summed E-state index contributed by atoms with van der Waals surface area (Å²) in [7, 11) is 0. The summed E-state index contributed by atoms with van der Waals surface area (Å²) in [5.41, 5.74) is 0.717.